The molecule has 1 amide bonds. The van der Waals surface area contributed by atoms with Crippen molar-refractivity contribution in [1.82, 2.24) is 19.4 Å². The van der Waals surface area contributed by atoms with Crippen LogP contribution in [-0.4, -0.2) is 64.1 Å². The average Bonchev–Trinajstić information content (AvgIpc) is 3.53. The van der Waals surface area contributed by atoms with Crippen molar-refractivity contribution >= 4 is 16.9 Å². The molecule has 3 saturated heterocycles. The summed E-state index contributed by atoms with van der Waals surface area (Å²) >= 11 is 0. The van der Waals surface area contributed by atoms with Crippen molar-refractivity contribution in [2.75, 3.05) is 26.7 Å². The Hall–Kier alpha value is -3.64. The molecule has 3 fully saturated rings. The number of benzene rings is 3. The number of ether oxygens (including phenoxy) is 1. The second kappa shape index (κ2) is 12.4. The summed E-state index contributed by atoms with van der Waals surface area (Å²) < 4.78 is 8.04. The number of methoxy groups -OCH3 is 1. The second-order valence-corrected chi connectivity index (χ2v) is 13.4. The van der Waals surface area contributed by atoms with Gasteiger partial charge in [-0.2, -0.15) is 0 Å². The Balaban J connectivity index is 1.01. The molecule has 4 aromatic rings. The summed E-state index contributed by atoms with van der Waals surface area (Å²) in [6.45, 7) is 4.99. The van der Waals surface area contributed by atoms with E-state index in [0.29, 0.717) is 24.5 Å². The molecule has 0 aliphatic carbocycles. The Kier molecular flexibility index (Phi) is 8.19. The van der Waals surface area contributed by atoms with Crippen molar-refractivity contribution in [3.05, 3.63) is 95.8 Å². The number of carbonyl (C=O) groups excluding carboxylic acids is 1. The first-order valence-corrected chi connectivity index (χ1v) is 16.7. The minimum Gasteiger partial charge on any atom is -0.496 e. The van der Waals surface area contributed by atoms with Crippen LogP contribution >= 0.6 is 0 Å². The second-order valence-electron chi connectivity index (χ2n) is 13.4. The van der Waals surface area contributed by atoms with Gasteiger partial charge >= 0.3 is 0 Å². The first-order chi connectivity index (χ1) is 21.5. The van der Waals surface area contributed by atoms with Gasteiger partial charge in [0.1, 0.15) is 11.6 Å². The van der Waals surface area contributed by atoms with Gasteiger partial charge in [0.15, 0.2) is 0 Å². The number of para-hydroxylation sites is 3. The molecule has 0 N–H and O–H groups in total. The highest BCUT2D eigenvalue weighted by molar-refractivity contribution is 5.77. The van der Waals surface area contributed by atoms with Crippen LogP contribution in [0.5, 0.6) is 5.75 Å². The van der Waals surface area contributed by atoms with Gasteiger partial charge in [0, 0.05) is 37.6 Å². The van der Waals surface area contributed by atoms with E-state index in [2.05, 4.69) is 82.0 Å². The average molecular weight is 591 g/mol. The number of hydrogen-bond donors (Lipinski definition) is 0. The number of likely N-dealkylation sites (tertiary alicyclic amines) is 1. The molecule has 230 valence electrons. The van der Waals surface area contributed by atoms with E-state index in [4.69, 9.17) is 9.72 Å². The Morgan fingerprint density at radius 2 is 1.57 bits per heavy atom. The number of rotatable bonds is 9. The van der Waals surface area contributed by atoms with Crippen LogP contribution in [0.25, 0.3) is 11.0 Å². The molecule has 3 aliphatic heterocycles. The van der Waals surface area contributed by atoms with E-state index in [1.165, 1.54) is 36.8 Å². The van der Waals surface area contributed by atoms with Gasteiger partial charge in [-0.1, -0.05) is 60.7 Å². The molecule has 0 spiro atoms. The number of imidazole rings is 1. The monoisotopic (exact) mass is 590 g/mol. The summed E-state index contributed by atoms with van der Waals surface area (Å²) in [6.07, 6.45) is 9.51. The van der Waals surface area contributed by atoms with E-state index in [9.17, 15) is 4.79 Å². The third kappa shape index (κ3) is 5.53. The fraction of sp³-hybridized carbons (Fsp3) is 0.474. The van der Waals surface area contributed by atoms with Crippen LogP contribution in [0.15, 0.2) is 78.9 Å². The third-order valence-electron chi connectivity index (χ3n) is 11.1. The summed E-state index contributed by atoms with van der Waals surface area (Å²) in [5.41, 5.74) is 5.08. The molecule has 6 heteroatoms. The Labute approximate surface area is 262 Å². The lowest BCUT2D eigenvalue weighted by Gasteiger charge is -2.45. The summed E-state index contributed by atoms with van der Waals surface area (Å²) in [7, 11) is 1.70. The number of piperidine rings is 2. The maximum Gasteiger partial charge on any atom is 0.222 e. The Morgan fingerprint density at radius 1 is 0.886 bits per heavy atom. The number of hydrogen-bond acceptors (Lipinski definition) is 4. The lowest BCUT2D eigenvalue weighted by atomic mass is 9.70. The molecule has 1 aromatic heterocycles. The fourth-order valence-corrected chi connectivity index (χ4v) is 8.76. The van der Waals surface area contributed by atoms with Gasteiger partial charge in [-0.3, -0.25) is 9.69 Å². The normalized spacial score (nSPS) is 23.2. The van der Waals surface area contributed by atoms with Crippen LogP contribution in [0, 0.1) is 6.92 Å². The van der Waals surface area contributed by atoms with Gasteiger partial charge in [0.25, 0.3) is 0 Å². The van der Waals surface area contributed by atoms with Crippen LogP contribution in [0.3, 0.4) is 0 Å². The quantitative estimate of drug-likeness (QED) is 0.209. The molecule has 2 bridgehead atoms. The van der Waals surface area contributed by atoms with Crippen molar-refractivity contribution in [2.45, 2.75) is 88.3 Å². The number of carbonyl (C=O) groups is 1. The topological polar surface area (TPSA) is 50.6 Å². The lowest BCUT2D eigenvalue weighted by molar-refractivity contribution is -0.132. The minimum atomic E-state index is 0.119. The molecule has 4 heterocycles. The number of aryl methyl sites for hydroxylation is 2. The Bertz CT molecular complexity index is 1570. The molecule has 3 aromatic carbocycles. The summed E-state index contributed by atoms with van der Waals surface area (Å²) in [5, 5.41) is 0. The maximum absolute atomic E-state index is 13.3. The molecule has 7 rings (SSSR count). The van der Waals surface area contributed by atoms with Crippen LogP contribution in [0.1, 0.15) is 74.4 Å². The summed E-state index contributed by atoms with van der Waals surface area (Å²) in [4.78, 5) is 23.2. The van der Waals surface area contributed by atoms with Gasteiger partial charge in [-0.25, -0.2) is 4.98 Å². The Morgan fingerprint density at radius 3 is 2.32 bits per heavy atom. The molecule has 2 unspecified atom stereocenters. The molecule has 6 nitrogen and oxygen atoms in total. The maximum atomic E-state index is 13.3. The highest BCUT2D eigenvalue weighted by atomic mass is 16.5. The summed E-state index contributed by atoms with van der Waals surface area (Å²) in [6, 6.07) is 29.6. The van der Waals surface area contributed by atoms with Gasteiger partial charge in [-0.05, 0) is 99.6 Å². The molecule has 3 aliphatic rings. The molecule has 2 atom stereocenters. The highest BCUT2D eigenvalue weighted by Crippen LogP contribution is 2.45. The number of aromatic nitrogens is 2. The van der Waals surface area contributed by atoms with Crippen molar-refractivity contribution in [3.63, 3.8) is 0 Å². The predicted molar refractivity (Wildman–Crippen MR) is 176 cm³/mol. The summed E-state index contributed by atoms with van der Waals surface area (Å²) in [5.74, 6) is 2.28. The van der Waals surface area contributed by atoms with E-state index in [0.717, 1.165) is 68.0 Å². The standard InChI is InChI=1S/C38H46N4O2/c1-28-39-34-13-7-8-14-35(34)42(28)33-26-31-17-18-32(27-33)41(31)25-22-38(30-11-4-3-5-12-30)20-23-40(24-21-38)37(43)19-16-29-10-6-9-15-36(29)44-2/h3-15,31-33H,16-27H2,1-2H3. The molecular weight excluding hydrogens is 544 g/mol. The van der Waals surface area contributed by atoms with Crippen molar-refractivity contribution in [2.24, 2.45) is 0 Å². The van der Waals surface area contributed by atoms with E-state index in [1.807, 2.05) is 18.2 Å². The minimum absolute atomic E-state index is 0.119. The third-order valence-corrected chi connectivity index (χ3v) is 11.1. The van der Waals surface area contributed by atoms with Gasteiger partial charge in [0.2, 0.25) is 5.91 Å². The smallest absolute Gasteiger partial charge is 0.222 e. The highest BCUT2D eigenvalue weighted by Gasteiger charge is 2.44. The van der Waals surface area contributed by atoms with Crippen LogP contribution in [-0.2, 0) is 16.6 Å². The van der Waals surface area contributed by atoms with Crippen molar-refractivity contribution in [3.8, 4) is 5.75 Å². The van der Waals surface area contributed by atoms with E-state index in [-0.39, 0.29) is 11.3 Å². The van der Waals surface area contributed by atoms with Crippen LogP contribution in [0.2, 0.25) is 0 Å². The van der Waals surface area contributed by atoms with Crippen molar-refractivity contribution in [1.29, 1.82) is 0 Å². The SMILES string of the molecule is COc1ccccc1CCC(=O)N1CCC(CCN2C3CCC2CC(n2c(C)nc4ccccc42)C3)(c2ccccc2)CC1. The number of nitrogens with zero attached hydrogens (tertiary/aromatic N) is 4. The van der Waals surface area contributed by atoms with E-state index in [1.54, 1.807) is 7.11 Å². The largest absolute Gasteiger partial charge is 0.496 e. The van der Waals surface area contributed by atoms with E-state index < -0.39 is 0 Å². The first-order valence-electron chi connectivity index (χ1n) is 16.7. The molecule has 0 saturated carbocycles. The van der Waals surface area contributed by atoms with Gasteiger partial charge in [-0.15, -0.1) is 0 Å². The zero-order valence-corrected chi connectivity index (χ0v) is 26.3. The van der Waals surface area contributed by atoms with Crippen LogP contribution in [0.4, 0.5) is 0 Å². The molecule has 44 heavy (non-hydrogen) atoms. The lowest BCUT2D eigenvalue weighted by Crippen LogP contribution is -2.49. The van der Waals surface area contributed by atoms with Gasteiger partial charge in [0.05, 0.1) is 18.1 Å². The number of amides is 1. The zero-order valence-electron chi connectivity index (χ0n) is 26.3. The first kappa shape index (κ1) is 29.1. The fourth-order valence-electron chi connectivity index (χ4n) is 8.76. The molecule has 0 radical (unpaired) electrons. The van der Waals surface area contributed by atoms with E-state index >= 15 is 0 Å². The van der Waals surface area contributed by atoms with Gasteiger partial charge < -0.3 is 14.2 Å². The van der Waals surface area contributed by atoms with Crippen molar-refractivity contribution < 1.29 is 9.53 Å². The molecular formula is C38H46N4O2. The number of fused-ring (bicyclic) bond motifs is 3. The van der Waals surface area contributed by atoms with Crippen LogP contribution < -0.4 is 4.74 Å². The predicted octanol–water partition coefficient (Wildman–Crippen LogP) is 7.10. The zero-order chi connectivity index (χ0) is 30.1.